The Hall–Kier alpha value is -3.67. The lowest BCUT2D eigenvalue weighted by Gasteiger charge is -2.24. The van der Waals surface area contributed by atoms with Gasteiger partial charge in [0.25, 0.3) is 11.7 Å². The predicted octanol–water partition coefficient (Wildman–Crippen LogP) is 3.38. The zero-order chi connectivity index (χ0) is 23.5. The third-order valence-electron chi connectivity index (χ3n) is 4.37. The van der Waals surface area contributed by atoms with E-state index in [1.54, 1.807) is 0 Å². The van der Waals surface area contributed by atoms with Gasteiger partial charge in [-0.3, -0.25) is 29.8 Å². The molecule has 0 bridgehead atoms. The van der Waals surface area contributed by atoms with Crippen molar-refractivity contribution in [1.82, 2.24) is 0 Å². The van der Waals surface area contributed by atoms with E-state index < -0.39 is 56.5 Å². The average molecular weight is 440 g/mol. The fourth-order valence-corrected chi connectivity index (χ4v) is 2.93. The number of hydrogen-bond acceptors (Lipinski definition) is 7. The number of halogens is 3. The Bertz CT molecular complexity index is 1010. The summed E-state index contributed by atoms with van der Waals surface area (Å²) in [4.78, 5) is 46.0. The summed E-state index contributed by atoms with van der Waals surface area (Å²) in [5.74, 6) is -2.16. The SMILES string of the molecule is C=C1C(C(F)(F)F)=CC=C(C(=O)C(OCC)C(=O)c2ccc([N+](=O)[O-])cc2)C1[N+](=O)[O-]. The first kappa shape index (κ1) is 23.6. The molecule has 0 heterocycles. The Morgan fingerprint density at radius 2 is 1.71 bits per heavy atom. The molecule has 0 N–H and O–H groups in total. The van der Waals surface area contributed by atoms with E-state index in [9.17, 15) is 43.0 Å². The summed E-state index contributed by atoms with van der Waals surface area (Å²) in [7, 11) is 0. The van der Waals surface area contributed by atoms with E-state index in [-0.39, 0.29) is 17.9 Å². The number of carbonyl (C=O) groups excluding carboxylic acids is 2. The van der Waals surface area contributed by atoms with Gasteiger partial charge in [-0.1, -0.05) is 6.58 Å². The maximum absolute atomic E-state index is 13.1. The van der Waals surface area contributed by atoms with E-state index in [2.05, 4.69) is 6.58 Å². The predicted molar refractivity (Wildman–Crippen MR) is 100.0 cm³/mol. The molecule has 1 aliphatic carbocycles. The number of nitrogens with zero attached hydrogens (tertiary/aromatic N) is 2. The number of non-ortho nitro benzene ring substituents is 1. The molecule has 12 heteroatoms. The lowest BCUT2D eigenvalue weighted by atomic mass is 9.84. The maximum atomic E-state index is 13.1. The first-order chi connectivity index (χ1) is 14.4. The second-order valence-electron chi connectivity index (χ2n) is 6.28. The Balaban J connectivity index is 2.47. The lowest BCUT2D eigenvalue weighted by Crippen LogP contribution is -2.41. The zero-order valence-electron chi connectivity index (χ0n) is 15.9. The highest BCUT2D eigenvalue weighted by Crippen LogP contribution is 2.38. The van der Waals surface area contributed by atoms with Crippen LogP contribution in [0.1, 0.15) is 17.3 Å². The second kappa shape index (κ2) is 9.00. The van der Waals surface area contributed by atoms with Crippen molar-refractivity contribution in [3.05, 3.63) is 85.5 Å². The van der Waals surface area contributed by atoms with Crippen LogP contribution in [0, 0.1) is 20.2 Å². The van der Waals surface area contributed by atoms with Gasteiger partial charge in [0.1, 0.15) is 0 Å². The molecule has 2 unspecified atom stereocenters. The Morgan fingerprint density at radius 1 is 1.13 bits per heavy atom. The number of ketones is 2. The summed E-state index contributed by atoms with van der Waals surface area (Å²) in [5.41, 5.74) is -3.48. The van der Waals surface area contributed by atoms with Crippen molar-refractivity contribution in [2.45, 2.75) is 25.2 Å². The number of hydrogen-bond donors (Lipinski definition) is 0. The molecule has 0 aromatic heterocycles. The second-order valence-corrected chi connectivity index (χ2v) is 6.28. The summed E-state index contributed by atoms with van der Waals surface area (Å²) < 4.78 is 44.4. The molecular formula is C19H15F3N2O7. The number of allylic oxidation sites excluding steroid dienone is 2. The van der Waals surface area contributed by atoms with Crippen LogP contribution in [0.3, 0.4) is 0 Å². The third kappa shape index (κ3) is 4.91. The molecule has 9 nitrogen and oxygen atoms in total. The minimum Gasteiger partial charge on any atom is -0.362 e. The van der Waals surface area contributed by atoms with Crippen LogP contribution in [0.2, 0.25) is 0 Å². The fraction of sp³-hybridized carbons (Fsp3) is 0.263. The number of nitro groups is 2. The van der Waals surface area contributed by atoms with Gasteiger partial charge in [-0.25, -0.2) is 0 Å². The van der Waals surface area contributed by atoms with Crippen LogP contribution in [0.4, 0.5) is 18.9 Å². The molecular weight excluding hydrogens is 425 g/mol. The number of carbonyl (C=O) groups is 2. The number of nitro benzene ring substituents is 1. The molecule has 1 aromatic rings. The van der Waals surface area contributed by atoms with Crippen molar-refractivity contribution in [2.75, 3.05) is 6.61 Å². The molecule has 31 heavy (non-hydrogen) atoms. The normalized spacial score (nSPS) is 17.4. The van der Waals surface area contributed by atoms with Crippen LogP contribution in [0.15, 0.2) is 59.7 Å². The highest BCUT2D eigenvalue weighted by atomic mass is 19.4. The standard InChI is InChI=1S/C19H15F3N2O7/c1-3-31-18(16(25)11-4-6-12(7-5-11)23(27)28)17(26)13-8-9-14(19(20,21)22)10(2)15(13)24(29)30/h4-9,15,18H,2-3H2,1H3. The summed E-state index contributed by atoms with van der Waals surface area (Å²) in [6.07, 6.45) is -5.71. The quantitative estimate of drug-likeness (QED) is 0.262. The number of alkyl halides is 3. The molecule has 2 rings (SSSR count). The number of ether oxygens (including phenoxy) is 1. The summed E-state index contributed by atoms with van der Waals surface area (Å²) in [6, 6.07) is 1.95. The van der Waals surface area contributed by atoms with Crippen LogP contribution in [0.25, 0.3) is 0 Å². The minimum atomic E-state index is -4.93. The molecule has 1 aliphatic rings. The molecule has 0 saturated carbocycles. The largest absolute Gasteiger partial charge is 0.416 e. The molecule has 1 aromatic carbocycles. The molecule has 2 atom stereocenters. The highest BCUT2D eigenvalue weighted by Gasteiger charge is 2.47. The zero-order valence-corrected chi connectivity index (χ0v) is 15.9. The summed E-state index contributed by atoms with van der Waals surface area (Å²) in [5, 5.41) is 22.2. The van der Waals surface area contributed by atoms with Crippen molar-refractivity contribution in [3.63, 3.8) is 0 Å². The van der Waals surface area contributed by atoms with Gasteiger partial charge in [0.2, 0.25) is 5.78 Å². The molecule has 164 valence electrons. The molecule has 0 fully saturated rings. The van der Waals surface area contributed by atoms with Crippen molar-refractivity contribution in [2.24, 2.45) is 0 Å². The van der Waals surface area contributed by atoms with Crippen LogP contribution in [-0.4, -0.2) is 46.3 Å². The van der Waals surface area contributed by atoms with Gasteiger partial charge in [0.05, 0.1) is 16.1 Å². The number of rotatable bonds is 8. The molecule has 0 aliphatic heterocycles. The Kier molecular flexibility index (Phi) is 6.85. The highest BCUT2D eigenvalue weighted by molar-refractivity contribution is 6.19. The van der Waals surface area contributed by atoms with E-state index in [1.807, 2.05) is 0 Å². The fourth-order valence-electron chi connectivity index (χ4n) is 2.93. The third-order valence-corrected chi connectivity index (χ3v) is 4.37. The summed E-state index contributed by atoms with van der Waals surface area (Å²) in [6.45, 7) is 4.38. The van der Waals surface area contributed by atoms with E-state index in [4.69, 9.17) is 4.74 Å². The van der Waals surface area contributed by atoms with E-state index in [0.29, 0.717) is 12.2 Å². The Labute approximate surface area is 172 Å². The topological polar surface area (TPSA) is 130 Å². The first-order valence-electron chi connectivity index (χ1n) is 8.66. The Morgan fingerprint density at radius 3 is 2.16 bits per heavy atom. The molecule has 0 spiro atoms. The van der Waals surface area contributed by atoms with Gasteiger partial charge >= 0.3 is 6.18 Å². The number of Topliss-reactive ketones (excluding diaryl/α,β-unsaturated/α-hetero) is 2. The monoisotopic (exact) mass is 440 g/mol. The van der Waals surface area contributed by atoms with E-state index in [1.165, 1.54) is 6.92 Å². The van der Waals surface area contributed by atoms with E-state index in [0.717, 1.165) is 24.3 Å². The maximum Gasteiger partial charge on any atom is 0.416 e. The smallest absolute Gasteiger partial charge is 0.362 e. The molecule has 0 radical (unpaired) electrons. The molecule has 0 saturated heterocycles. The van der Waals surface area contributed by atoms with Crippen LogP contribution in [-0.2, 0) is 9.53 Å². The van der Waals surface area contributed by atoms with Crippen LogP contribution in [0.5, 0.6) is 0 Å². The van der Waals surface area contributed by atoms with Crippen molar-refractivity contribution in [3.8, 4) is 0 Å². The van der Waals surface area contributed by atoms with Crippen LogP contribution >= 0.6 is 0 Å². The van der Waals surface area contributed by atoms with Gasteiger partial charge in [0, 0.05) is 34.8 Å². The number of benzene rings is 1. The van der Waals surface area contributed by atoms with Gasteiger partial charge in [0.15, 0.2) is 11.9 Å². The van der Waals surface area contributed by atoms with Gasteiger partial charge in [-0.15, -0.1) is 0 Å². The van der Waals surface area contributed by atoms with Gasteiger partial charge in [-0.05, 0) is 31.2 Å². The van der Waals surface area contributed by atoms with Crippen molar-refractivity contribution < 1.29 is 37.3 Å². The molecule has 0 amide bonds. The lowest BCUT2D eigenvalue weighted by molar-refractivity contribution is -0.501. The van der Waals surface area contributed by atoms with Crippen molar-refractivity contribution >= 4 is 17.3 Å². The van der Waals surface area contributed by atoms with E-state index >= 15 is 0 Å². The van der Waals surface area contributed by atoms with Crippen LogP contribution < -0.4 is 0 Å². The first-order valence-corrected chi connectivity index (χ1v) is 8.66. The van der Waals surface area contributed by atoms with Gasteiger partial charge < -0.3 is 4.74 Å². The van der Waals surface area contributed by atoms with Crippen molar-refractivity contribution in [1.29, 1.82) is 0 Å². The average Bonchev–Trinajstić information content (AvgIpc) is 2.69. The minimum absolute atomic E-state index is 0.156. The summed E-state index contributed by atoms with van der Waals surface area (Å²) >= 11 is 0. The van der Waals surface area contributed by atoms with Gasteiger partial charge in [-0.2, -0.15) is 13.2 Å².